The molecular formula is C18H36N4O3. The molecule has 0 unspecified atom stereocenters. The molecule has 0 saturated carbocycles. The van der Waals surface area contributed by atoms with E-state index in [2.05, 4.69) is 15.6 Å². The largest absolute Gasteiger partial charge is 0.381 e. The fraction of sp³-hybridized carbons (Fsp3) is 0.889. The van der Waals surface area contributed by atoms with E-state index >= 15 is 0 Å². The lowest BCUT2D eigenvalue weighted by atomic mass is 10.1. The Kier molecular flexibility index (Phi) is 9.82. The molecule has 0 bridgehead atoms. The van der Waals surface area contributed by atoms with Crippen molar-refractivity contribution in [2.75, 3.05) is 46.5 Å². The second-order valence-electron chi connectivity index (χ2n) is 7.43. The predicted molar refractivity (Wildman–Crippen MR) is 101 cm³/mol. The van der Waals surface area contributed by atoms with Gasteiger partial charge in [0.15, 0.2) is 5.96 Å². The molecule has 0 radical (unpaired) electrons. The lowest BCUT2D eigenvalue weighted by molar-refractivity contribution is -0.122. The number of rotatable bonds is 8. The van der Waals surface area contributed by atoms with Gasteiger partial charge >= 0.3 is 0 Å². The Balaban J connectivity index is 2.34. The molecule has 1 saturated heterocycles. The van der Waals surface area contributed by atoms with Gasteiger partial charge in [0.2, 0.25) is 5.91 Å². The fourth-order valence-corrected chi connectivity index (χ4v) is 2.56. The summed E-state index contributed by atoms with van der Waals surface area (Å²) in [6.07, 6.45) is 3.17. The third kappa shape index (κ3) is 10.3. The number of hydrogen-bond acceptors (Lipinski definition) is 4. The van der Waals surface area contributed by atoms with Gasteiger partial charge in [0, 0.05) is 45.5 Å². The highest BCUT2D eigenvalue weighted by atomic mass is 16.5. The van der Waals surface area contributed by atoms with E-state index in [-0.39, 0.29) is 18.0 Å². The first-order valence-corrected chi connectivity index (χ1v) is 9.31. The van der Waals surface area contributed by atoms with Crippen LogP contribution in [0.4, 0.5) is 0 Å². The molecule has 0 atom stereocenters. The first-order valence-electron chi connectivity index (χ1n) is 9.31. The Morgan fingerprint density at radius 3 is 2.60 bits per heavy atom. The van der Waals surface area contributed by atoms with Crippen LogP contribution in [0.1, 0.15) is 47.0 Å². The van der Waals surface area contributed by atoms with E-state index in [0.29, 0.717) is 19.3 Å². The molecule has 0 spiro atoms. The third-order valence-electron chi connectivity index (χ3n) is 3.68. The van der Waals surface area contributed by atoms with Gasteiger partial charge in [-0.15, -0.1) is 0 Å². The van der Waals surface area contributed by atoms with Crippen molar-refractivity contribution >= 4 is 11.9 Å². The van der Waals surface area contributed by atoms with Crippen molar-refractivity contribution in [3.05, 3.63) is 0 Å². The number of ether oxygens (including phenoxy) is 2. The summed E-state index contributed by atoms with van der Waals surface area (Å²) in [5, 5.41) is 6.20. The summed E-state index contributed by atoms with van der Waals surface area (Å²) in [6.45, 7) is 12.0. The first-order chi connectivity index (χ1) is 11.8. The van der Waals surface area contributed by atoms with E-state index < -0.39 is 0 Å². The Morgan fingerprint density at radius 1 is 1.32 bits per heavy atom. The molecule has 0 aliphatic carbocycles. The summed E-state index contributed by atoms with van der Waals surface area (Å²) < 4.78 is 11.2. The molecule has 1 heterocycles. The maximum atomic E-state index is 12.1. The van der Waals surface area contributed by atoms with Gasteiger partial charge in [-0.25, -0.2) is 0 Å². The van der Waals surface area contributed by atoms with Crippen molar-refractivity contribution in [3.63, 3.8) is 0 Å². The SMILES string of the molecule is CCNC(=NCCCOC1CCOCC1)N(C)CC(=O)NC(C)(C)C. The molecule has 1 aliphatic heterocycles. The highest BCUT2D eigenvalue weighted by Crippen LogP contribution is 2.10. The molecule has 0 aromatic carbocycles. The number of nitrogens with zero attached hydrogens (tertiary/aromatic N) is 2. The van der Waals surface area contributed by atoms with Gasteiger partial charge in [-0.1, -0.05) is 0 Å². The van der Waals surface area contributed by atoms with E-state index in [9.17, 15) is 4.79 Å². The molecule has 0 aromatic rings. The zero-order valence-electron chi connectivity index (χ0n) is 16.6. The van der Waals surface area contributed by atoms with Gasteiger partial charge in [0.25, 0.3) is 0 Å². The summed E-state index contributed by atoms with van der Waals surface area (Å²) in [7, 11) is 1.88. The molecule has 7 nitrogen and oxygen atoms in total. The molecule has 7 heteroatoms. The molecule has 1 rings (SSSR count). The number of nitrogens with one attached hydrogen (secondary N) is 2. The van der Waals surface area contributed by atoms with Crippen molar-refractivity contribution in [2.24, 2.45) is 4.99 Å². The first kappa shape index (κ1) is 21.7. The molecule has 0 aromatic heterocycles. The van der Waals surface area contributed by atoms with Crippen LogP contribution in [0.2, 0.25) is 0 Å². The quantitative estimate of drug-likeness (QED) is 0.390. The van der Waals surface area contributed by atoms with Gasteiger partial charge in [-0.05, 0) is 47.0 Å². The number of aliphatic imine (C=N–C) groups is 1. The Morgan fingerprint density at radius 2 is 2.00 bits per heavy atom. The molecule has 25 heavy (non-hydrogen) atoms. The molecular weight excluding hydrogens is 320 g/mol. The van der Waals surface area contributed by atoms with Crippen LogP contribution in [0.3, 0.4) is 0 Å². The Labute approximate surface area is 152 Å². The number of guanidine groups is 1. The van der Waals surface area contributed by atoms with E-state index in [1.54, 1.807) is 0 Å². The van der Waals surface area contributed by atoms with Crippen LogP contribution in [0.15, 0.2) is 4.99 Å². The summed E-state index contributed by atoms with van der Waals surface area (Å²) in [6, 6.07) is 0. The molecule has 146 valence electrons. The van der Waals surface area contributed by atoms with Crippen LogP contribution in [-0.4, -0.2) is 74.9 Å². The van der Waals surface area contributed by atoms with Crippen LogP contribution < -0.4 is 10.6 Å². The minimum absolute atomic E-state index is 0.0107. The second kappa shape index (κ2) is 11.3. The van der Waals surface area contributed by atoms with Gasteiger partial charge in [0.1, 0.15) is 0 Å². The number of amides is 1. The van der Waals surface area contributed by atoms with Crippen molar-refractivity contribution in [3.8, 4) is 0 Å². The summed E-state index contributed by atoms with van der Waals surface area (Å²) >= 11 is 0. The zero-order valence-corrected chi connectivity index (χ0v) is 16.6. The van der Waals surface area contributed by atoms with Crippen LogP contribution in [0.5, 0.6) is 0 Å². The molecule has 1 aliphatic rings. The average molecular weight is 357 g/mol. The standard InChI is InChI=1S/C18H36N4O3/c1-6-19-17(22(5)14-16(23)21-18(2,3)4)20-10-7-11-25-15-8-12-24-13-9-15/h15H,6-14H2,1-5H3,(H,19,20)(H,21,23). The molecule has 2 N–H and O–H groups in total. The fourth-order valence-electron chi connectivity index (χ4n) is 2.56. The smallest absolute Gasteiger partial charge is 0.240 e. The van der Waals surface area contributed by atoms with E-state index in [1.807, 2.05) is 39.6 Å². The van der Waals surface area contributed by atoms with Crippen molar-refractivity contribution in [1.29, 1.82) is 0 Å². The van der Waals surface area contributed by atoms with Crippen LogP contribution in [0.25, 0.3) is 0 Å². The number of carbonyl (C=O) groups is 1. The zero-order chi connectivity index (χ0) is 18.7. The van der Waals surface area contributed by atoms with Crippen LogP contribution in [-0.2, 0) is 14.3 Å². The topological polar surface area (TPSA) is 75.2 Å². The maximum Gasteiger partial charge on any atom is 0.240 e. The Hall–Kier alpha value is -1.34. The van der Waals surface area contributed by atoms with E-state index in [4.69, 9.17) is 9.47 Å². The van der Waals surface area contributed by atoms with Gasteiger partial charge in [0.05, 0.1) is 12.6 Å². The number of hydrogen-bond donors (Lipinski definition) is 2. The normalized spacial score (nSPS) is 16.6. The van der Waals surface area contributed by atoms with Crippen molar-refractivity contribution in [2.45, 2.75) is 58.6 Å². The summed E-state index contributed by atoms with van der Waals surface area (Å²) in [4.78, 5) is 18.5. The number of carbonyl (C=O) groups excluding carboxylic acids is 1. The highest BCUT2D eigenvalue weighted by molar-refractivity contribution is 5.86. The van der Waals surface area contributed by atoms with E-state index in [0.717, 1.165) is 45.0 Å². The van der Waals surface area contributed by atoms with Crippen molar-refractivity contribution < 1.29 is 14.3 Å². The minimum Gasteiger partial charge on any atom is -0.381 e. The maximum absolute atomic E-state index is 12.1. The molecule has 1 amide bonds. The monoisotopic (exact) mass is 356 g/mol. The summed E-state index contributed by atoms with van der Waals surface area (Å²) in [5.74, 6) is 0.737. The average Bonchev–Trinajstić information content (AvgIpc) is 2.52. The van der Waals surface area contributed by atoms with Gasteiger partial charge in [-0.2, -0.15) is 0 Å². The third-order valence-corrected chi connectivity index (χ3v) is 3.68. The predicted octanol–water partition coefficient (Wildman–Crippen LogP) is 1.38. The Bertz CT molecular complexity index is 415. The summed E-state index contributed by atoms with van der Waals surface area (Å²) in [5.41, 5.74) is -0.227. The van der Waals surface area contributed by atoms with Gasteiger partial charge < -0.3 is 25.0 Å². The van der Waals surface area contributed by atoms with Crippen molar-refractivity contribution in [1.82, 2.24) is 15.5 Å². The lowest BCUT2D eigenvalue weighted by Crippen LogP contribution is -2.48. The highest BCUT2D eigenvalue weighted by Gasteiger charge is 2.17. The number of likely N-dealkylation sites (N-methyl/N-ethyl adjacent to an activating group) is 1. The molecule has 1 fully saturated rings. The van der Waals surface area contributed by atoms with Crippen LogP contribution >= 0.6 is 0 Å². The minimum atomic E-state index is -0.227. The lowest BCUT2D eigenvalue weighted by Gasteiger charge is -2.25. The van der Waals surface area contributed by atoms with Crippen LogP contribution in [0, 0.1) is 0 Å². The second-order valence-corrected chi connectivity index (χ2v) is 7.43. The van der Waals surface area contributed by atoms with Gasteiger partial charge in [-0.3, -0.25) is 9.79 Å². The van der Waals surface area contributed by atoms with E-state index in [1.165, 1.54) is 0 Å².